The predicted molar refractivity (Wildman–Crippen MR) is 75.9 cm³/mol. The van der Waals surface area contributed by atoms with Crippen molar-refractivity contribution in [2.24, 2.45) is 0 Å². The van der Waals surface area contributed by atoms with E-state index in [4.69, 9.17) is 5.73 Å². The summed E-state index contributed by atoms with van der Waals surface area (Å²) in [5.41, 5.74) is 7.03. The number of nitrogens with zero attached hydrogens (tertiary/aromatic N) is 1. The van der Waals surface area contributed by atoms with Crippen LogP contribution in [0.3, 0.4) is 0 Å². The van der Waals surface area contributed by atoms with E-state index in [0.29, 0.717) is 17.5 Å². The Morgan fingerprint density at radius 3 is 2.83 bits per heavy atom. The van der Waals surface area contributed by atoms with Crippen molar-refractivity contribution >= 4 is 27.4 Å². The van der Waals surface area contributed by atoms with Crippen LogP contribution in [-0.4, -0.2) is 10.9 Å². The number of rotatable bonds is 4. The zero-order valence-electron chi connectivity index (χ0n) is 10.9. The van der Waals surface area contributed by atoms with Crippen LogP contribution in [0.15, 0.2) is 0 Å². The zero-order chi connectivity index (χ0) is 13.0. The molecule has 0 radical (unpaired) electrons. The van der Waals surface area contributed by atoms with E-state index in [0.717, 1.165) is 17.1 Å². The molecule has 18 heavy (non-hydrogen) atoms. The molecule has 0 aromatic carbocycles. The summed E-state index contributed by atoms with van der Waals surface area (Å²) in [6.45, 7) is 1.99. The molecule has 1 aliphatic carbocycles. The van der Waals surface area contributed by atoms with Crippen molar-refractivity contribution in [2.45, 2.75) is 57.8 Å². The van der Waals surface area contributed by atoms with Crippen LogP contribution in [0.1, 0.15) is 63.5 Å². The number of amides is 1. The second kappa shape index (κ2) is 6.18. The van der Waals surface area contributed by atoms with Crippen molar-refractivity contribution in [2.75, 3.05) is 11.1 Å². The second-order valence-corrected chi connectivity index (χ2v) is 5.93. The third kappa shape index (κ3) is 3.22. The van der Waals surface area contributed by atoms with Crippen molar-refractivity contribution in [3.8, 4) is 0 Å². The molecular weight excluding hydrogens is 246 g/mol. The molecule has 0 bridgehead atoms. The standard InChI is InChI=1S/C13H21N3OS/c1-2-6-10(17)15-13-16-11(12(14)18-13)9-7-4-3-5-8-9/h9H,2-8,14H2,1H3,(H,15,16,17). The molecule has 0 unspecified atom stereocenters. The highest BCUT2D eigenvalue weighted by Crippen LogP contribution is 2.38. The summed E-state index contributed by atoms with van der Waals surface area (Å²) in [6, 6.07) is 0. The van der Waals surface area contributed by atoms with Gasteiger partial charge in [-0.3, -0.25) is 4.79 Å². The first-order chi connectivity index (χ1) is 8.70. The van der Waals surface area contributed by atoms with Gasteiger partial charge in [0.2, 0.25) is 5.91 Å². The first-order valence-corrected chi connectivity index (χ1v) is 7.58. The Hall–Kier alpha value is -1.10. The minimum atomic E-state index is 0.0291. The largest absolute Gasteiger partial charge is 0.389 e. The van der Waals surface area contributed by atoms with Gasteiger partial charge in [-0.15, -0.1) is 0 Å². The van der Waals surface area contributed by atoms with Gasteiger partial charge in [0.1, 0.15) is 5.00 Å². The molecule has 3 N–H and O–H groups in total. The highest BCUT2D eigenvalue weighted by molar-refractivity contribution is 7.19. The molecule has 100 valence electrons. The molecule has 0 aliphatic heterocycles. The van der Waals surface area contributed by atoms with Crippen LogP contribution in [0, 0.1) is 0 Å². The lowest BCUT2D eigenvalue weighted by Gasteiger charge is -2.20. The zero-order valence-corrected chi connectivity index (χ0v) is 11.7. The summed E-state index contributed by atoms with van der Waals surface area (Å²) < 4.78 is 0. The number of nitrogen functional groups attached to an aromatic ring is 1. The molecule has 2 rings (SSSR count). The van der Waals surface area contributed by atoms with Crippen LogP contribution in [0.5, 0.6) is 0 Å². The average Bonchev–Trinajstić information content (AvgIpc) is 2.71. The van der Waals surface area contributed by atoms with Gasteiger partial charge in [-0.1, -0.05) is 37.5 Å². The van der Waals surface area contributed by atoms with Crippen molar-refractivity contribution in [1.29, 1.82) is 0 Å². The molecule has 1 heterocycles. The van der Waals surface area contributed by atoms with Crippen molar-refractivity contribution in [3.05, 3.63) is 5.69 Å². The summed E-state index contributed by atoms with van der Waals surface area (Å²) in [5.74, 6) is 0.522. The van der Waals surface area contributed by atoms with Crippen LogP contribution in [0.25, 0.3) is 0 Å². The molecule has 0 saturated heterocycles. The van der Waals surface area contributed by atoms with E-state index in [2.05, 4.69) is 10.3 Å². The van der Waals surface area contributed by atoms with Crippen LogP contribution in [0.4, 0.5) is 10.1 Å². The van der Waals surface area contributed by atoms with E-state index < -0.39 is 0 Å². The lowest BCUT2D eigenvalue weighted by molar-refractivity contribution is -0.116. The summed E-state index contributed by atoms with van der Waals surface area (Å²) in [6.07, 6.45) is 7.59. The van der Waals surface area contributed by atoms with Gasteiger partial charge >= 0.3 is 0 Å². The lowest BCUT2D eigenvalue weighted by Crippen LogP contribution is -2.11. The number of carbonyl (C=O) groups excluding carboxylic acids is 1. The number of aromatic nitrogens is 1. The second-order valence-electron chi connectivity index (χ2n) is 4.90. The molecule has 1 saturated carbocycles. The first-order valence-electron chi connectivity index (χ1n) is 6.76. The van der Waals surface area contributed by atoms with Gasteiger partial charge in [0.05, 0.1) is 5.69 Å². The van der Waals surface area contributed by atoms with E-state index in [1.807, 2.05) is 6.92 Å². The highest BCUT2D eigenvalue weighted by atomic mass is 32.1. The van der Waals surface area contributed by atoms with E-state index in [9.17, 15) is 4.79 Å². The van der Waals surface area contributed by atoms with Gasteiger partial charge in [0.15, 0.2) is 5.13 Å². The van der Waals surface area contributed by atoms with Crippen LogP contribution < -0.4 is 11.1 Å². The fraction of sp³-hybridized carbons (Fsp3) is 0.692. The molecule has 1 aromatic rings. The summed E-state index contributed by atoms with van der Waals surface area (Å²) >= 11 is 1.40. The molecule has 4 nitrogen and oxygen atoms in total. The average molecular weight is 267 g/mol. The minimum Gasteiger partial charge on any atom is -0.389 e. The van der Waals surface area contributed by atoms with Crippen molar-refractivity contribution in [1.82, 2.24) is 4.98 Å². The highest BCUT2D eigenvalue weighted by Gasteiger charge is 2.22. The van der Waals surface area contributed by atoms with Crippen LogP contribution in [-0.2, 0) is 4.79 Å². The van der Waals surface area contributed by atoms with E-state index in [-0.39, 0.29) is 5.91 Å². The Morgan fingerprint density at radius 1 is 1.44 bits per heavy atom. The maximum absolute atomic E-state index is 11.5. The lowest BCUT2D eigenvalue weighted by atomic mass is 9.87. The molecule has 0 atom stereocenters. The molecule has 1 aromatic heterocycles. The third-order valence-electron chi connectivity index (χ3n) is 3.40. The molecule has 1 aliphatic rings. The van der Waals surface area contributed by atoms with E-state index in [1.54, 1.807) is 0 Å². The summed E-state index contributed by atoms with van der Waals surface area (Å²) in [5, 5.41) is 4.26. The maximum Gasteiger partial charge on any atom is 0.226 e. The van der Waals surface area contributed by atoms with Gasteiger partial charge in [0, 0.05) is 12.3 Å². The third-order valence-corrected chi connectivity index (χ3v) is 4.21. The first kappa shape index (κ1) is 13.3. The SMILES string of the molecule is CCCC(=O)Nc1nc(C2CCCCC2)c(N)s1. The number of nitrogens with two attached hydrogens (primary N) is 1. The Kier molecular flexibility index (Phi) is 4.58. The number of nitrogens with one attached hydrogen (secondary N) is 1. The van der Waals surface area contributed by atoms with Crippen LogP contribution in [0.2, 0.25) is 0 Å². The van der Waals surface area contributed by atoms with Gasteiger partial charge in [-0.05, 0) is 19.3 Å². The van der Waals surface area contributed by atoms with Gasteiger partial charge in [0.25, 0.3) is 0 Å². The smallest absolute Gasteiger partial charge is 0.226 e. The molecule has 0 spiro atoms. The Labute approximate surface area is 112 Å². The fourth-order valence-corrected chi connectivity index (χ4v) is 3.31. The molecule has 1 fully saturated rings. The number of thiazole rings is 1. The Balaban J connectivity index is 2.04. The van der Waals surface area contributed by atoms with E-state index >= 15 is 0 Å². The monoisotopic (exact) mass is 267 g/mol. The van der Waals surface area contributed by atoms with Crippen molar-refractivity contribution < 1.29 is 4.79 Å². The molecule has 5 heteroatoms. The van der Waals surface area contributed by atoms with Crippen LogP contribution >= 0.6 is 11.3 Å². The van der Waals surface area contributed by atoms with Crippen molar-refractivity contribution in [3.63, 3.8) is 0 Å². The minimum absolute atomic E-state index is 0.0291. The van der Waals surface area contributed by atoms with Gasteiger partial charge < -0.3 is 11.1 Å². The normalized spacial score (nSPS) is 16.7. The number of carbonyl (C=O) groups is 1. The number of anilines is 2. The molecular formula is C13H21N3OS. The van der Waals surface area contributed by atoms with Gasteiger partial charge in [-0.25, -0.2) is 4.98 Å². The number of hydrogen-bond acceptors (Lipinski definition) is 4. The quantitative estimate of drug-likeness (QED) is 0.877. The number of hydrogen-bond donors (Lipinski definition) is 2. The summed E-state index contributed by atoms with van der Waals surface area (Å²) in [4.78, 5) is 16.0. The Morgan fingerprint density at radius 2 is 2.17 bits per heavy atom. The Bertz CT molecular complexity index is 410. The van der Waals surface area contributed by atoms with Gasteiger partial charge in [-0.2, -0.15) is 0 Å². The van der Waals surface area contributed by atoms with E-state index in [1.165, 1.54) is 43.4 Å². The molecule has 1 amide bonds. The summed E-state index contributed by atoms with van der Waals surface area (Å²) in [7, 11) is 0. The topological polar surface area (TPSA) is 68.0 Å². The predicted octanol–water partition coefficient (Wildman–Crippen LogP) is 3.51. The fourth-order valence-electron chi connectivity index (χ4n) is 2.47. The maximum atomic E-state index is 11.5.